The van der Waals surface area contributed by atoms with E-state index >= 15 is 0 Å². The molecule has 1 atom stereocenters. The maximum Gasteiger partial charge on any atom is 0.271 e. The van der Waals surface area contributed by atoms with Crippen molar-refractivity contribution in [3.8, 4) is 0 Å². The van der Waals surface area contributed by atoms with Gasteiger partial charge in [-0.3, -0.25) is 4.79 Å². The number of ether oxygens (including phenoxy) is 1. The molecule has 7 nitrogen and oxygen atoms in total. The highest BCUT2D eigenvalue weighted by atomic mass is 19.1. The Morgan fingerprint density at radius 2 is 1.97 bits per heavy atom. The molecule has 1 aromatic carbocycles. The van der Waals surface area contributed by atoms with Crippen molar-refractivity contribution in [3.05, 3.63) is 53.2 Å². The molecule has 2 aliphatic rings. The molecule has 1 amide bonds. The molecule has 1 saturated heterocycles. The van der Waals surface area contributed by atoms with E-state index in [1.54, 1.807) is 19.2 Å². The fourth-order valence-electron chi connectivity index (χ4n) is 4.33. The van der Waals surface area contributed by atoms with Crippen LogP contribution in [0.3, 0.4) is 0 Å². The molecule has 1 aliphatic heterocycles. The van der Waals surface area contributed by atoms with E-state index in [9.17, 15) is 9.18 Å². The largest absolute Gasteiger partial charge is 0.381 e. The minimum Gasteiger partial charge on any atom is -0.381 e. The smallest absolute Gasteiger partial charge is 0.271 e. The van der Waals surface area contributed by atoms with Gasteiger partial charge in [-0.2, -0.15) is 0 Å². The van der Waals surface area contributed by atoms with Gasteiger partial charge in [-0.05, 0) is 56.5 Å². The van der Waals surface area contributed by atoms with Crippen LogP contribution in [0.15, 0.2) is 30.5 Å². The average Bonchev–Trinajstić information content (AvgIpc) is 3.29. The molecule has 0 bridgehead atoms. The Bertz CT molecular complexity index is 911. The van der Waals surface area contributed by atoms with Gasteiger partial charge in [0.05, 0.1) is 18.0 Å². The number of rotatable bonds is 9. The number of hydrogen-bond acceptors (Lipinski definition) is 6. The molecular weight excluding hydrogens is 409 g/mol. The first kappa shape index (κ1) is 22.6. The second kappa shape index (κ2) is 10.4. The highest BCUT2D eigenvalue weighted by Crippen LogP contribution is 2.28. The highest BCUT2D eigenvalue weighted by molar-refractivity contribution is 5.92. The zero-order valence-electron chi connectivity index (χ0n) is 18.8. The Hall–Kier alpha value is -2.58. The van der Waals surface area contributed by atoms with Crippen LogP contribution in [0.2, 0.25) is 0 Å². The van der Waals surface area contributed by atoms with Gasteiger partial charge in [0.15, 0.2) is 0 Å². The number of nitrogens with zero attached hydrogens (tertiary/aromatic N) is 3. The lowest BCUT2D eigenvalue weighted by molar-refractivity contribution is 0.0175. The molecule has 0 unspecified atom stereocenters. The van der Waals surface area contributed by atoms with Crippen LogP contribution in [0.1, 0.15) is 60.3 Å². The summed E-state index contributed by atoms with van der Waals surface area (Å²) in [4.78, 5) is 24.5. The Kier molecular flexibility index (Phi) is 7.32. The number of nitrogens with one attached hydrogen (secondary N) is 2. The van der Waals surface area contributed by atoms with Crippen molar-refractivity contribution in [2.75, 3.05) is 38.6 Å². The third kappa shape index (κ3) is 5.42. The summed E-state index contributed by atoms with van der Waals surface area (Å²) in [7, 11) is 1.69. The van der Waals surface area contributed by atoms with E-state index < -0.39 is 0 Å². The minimum atomic E-state index is -0.279. The van der Waals surface area contributed by atoms with E-state index in [4.69, 9.17) is 9.72 Å². The zero-order valence-corrected chi connectivity index (χ0v) is 18.8. The molecular formula is C24H32FN5O2. The number of likely N-dealkylation sites (tertiary alicyclic amines) is 1. The van der Waals surface area contributed by atoms with Crippen LogP contribution >= 0.6 is 0 Å². The number of carbonyl (C=O) groups is 1. The van der Waals surface area contributed by atoms with Crippen LogP contribution < -0.4 is 10.6 Å². The van der Waals surface area contributed by atoms with Gasteiger partial charge in [0.25, 0.3) is 5.91 Å². The summed E-state index contributed by atoms with van der Waals surface area (Å²) in [5, 5.41) is 6.42. The van der Waals surface area contributed by atoms with Gasteiger partial charge in [0.2, 0.25) is 0 Å². The highest BCUT2D eigenvalue weighted by Gasteiger charge is 2.31. The third-order valence-corrected chi connectivity index (χ3v) is 6.49. The fourth-order valence-corrected chi connectivity index (χ4v) is 4.33. The standard InChI is InChI=1S/C24H32FN5O2/c1-16(17-5-7-18(25)8-6-17)22-23(26-9-12-30-10-3-4-11-30)27-15-21(29-22)24(31)28-19-13-20(14-19)32-2/h5-8,15-16,19-20H,3-4,9-14H2,1-2H3,(H,26,27)(H,28,31)/t16-,19?,20?/m1/s1. The van der Waals surface area contributed by atoms with Gasteiger partial charge in [-0.1, -0.05) is 19.1 Å². The van der Waals surface area contributed by atoms with Crippen molar-refractivity contribution in [1.82, 2.24) is 20.2 Å². The lowest BCUT2D eigenvalue weighted by Gasteiger charge is -2.34. The summed E-state index contributed by atoms with van der Waals surface area (Å²) < 4.78 is 18.7. The summed E-state index contributed by atoms with van der Waals surface area (Å²) in [6.07, 6.45) is 5.86. The van der Waals surface area contributed by atoms with Crippen LogP contribution in [0.25, 0.3) is 0 Å². The normalized spacial score (nSPS) is 21.7. The summed E-state index contributed by atoms with van der Waals surface area (Å²) in [5.74, 6) is 0.0135. The molecule has 2 heterocycles. The number of halogens is 1. The van der Waals surface area contributed by atoms with Crippen LogP contribution in [0.4, 0.5) is 10.2 Å². The topological polar surface area (TPSA) is 79.4 Å². The molecule has 32 heavy (non-hydrogen) atoms. The minimum absolute atomic E-state index is 0.102. The van der Waals surface area contributed by atoms with Crippen molar-refractivity contribution in [3.63, 3.8) is 0 Å². The van der Waals surface area contributed by atoms with Crippen LogP contribution in [-0.4, -0.2) is 66.2 Å². The lowest BCUT2D eigenvalue weighted by atomic mass is 9.89. The van der Waals surface area contributed by atoms with Crippen molar-refractivity contribution in [2.24, 2.45) is 0 Å². The number of aromatic nitrogens is 2. The summed E-state index contributed by atoms with van der Waals surface area (Å²) in [6.45, 7) is 5.97. The molecule has 8 heteroatoms. The first-order chi connectivity index (χ1) is 15.5. The predicted molar refractivity (Wildman–Crippen MR) is 121 cm³/mol. The van der Waals surface area contributed by atoms with Crippen molar-refractivity contribution >= 4 is 11.7 Å². The van der Waals surface area contributed by atoms with Gasteiger partial charge in [-0.15, -0.1) is 0 Å². The molecule has 2 N–H and O–H groups in total. The monoisotopic (exact) mass is 441 g/mol. The number of benzene rings is 1. The first-order valence-corrected chi connectivity index (χ1v) is 11.5. The van der Waals surface area contributed by atoms with E-state index in [1.807, 2.05) is 6.92 Å². The second-order valence-electron chi connectivity index (χ2n) is 8.74. The quantitative estimate of drug-likeness (QED) is 0.622. The van der Waals surface area contributed by atoms with E-state index in [2.05, 4.69) is 20.5 Å². The molecule has 1 saturated carbocycles. The average molecular weight is 442 g/mol. The van der Waals surface area contributed by atoms with E-state index in [-0.39, 0.29) is 29.8 Å². The van der Waals surface area contributed by atoms with Crippen LogP contribution in [-0.2, 0) is 4.74 Å². The molecule has 2 aromatic rings. The molecule has 4 rings (SSSR count). The maximum absolute atomic E-state index is 13.4. The Morgan fingerprint density at radius 3 is 2.66 bits per heavy atom. The molecule has 1 aliphatic carbocycles. The molecule has 0 radical (unpaired) electrons. The Labute approximate surface area is 188 Å². The predicted octanol–water partition coefficient (Wildman–Crippen LogP) is 3.18. The van der Waals surface area contributed by atoms with Gasteiger partial charge in [0, 0.05) is 32.2 Å². The lowest BCUT2D eigenvalue weighted by Crippen LogP contribution is -2.47. The van der Waals surface area contributed by atoms with Gasteiger partial charge in [0.1, 0.15) is 17.3 Å². The summed E-state index contributed by atoms with van der Waals surface area (Å²) in [6, 6.07) is 6.49. The SMILES string of the molecule is COC1CC(NC(=O)c2cnc(NCCN3CCCC3)c([C@H](C)c3ccc(F)cc3)n2)C1. The van der Waals surface area contributed by atoms with Crippen molar-refractivity contribution in [1.29, 1.82) is 0 Å². The third-order valence-electron chi connectivity index (χ3n) is 6.49. The number of anilines is 1. The number of methoxy groups -OCH3 is 1. The van der Waals surface area contributed by atoms with Crippen molar-refractivity contribution < 1.29 is 13.9 Å². The molecule has 1 aromatic heterocycles. The van der Waals surface area contributed by atoms with Gasteiger partial charge >= 0.3 is 0 Å². The molecule has 172 valence electrons. The Balaban J connectivity index is 1.50. The number of amides is 1. The summed E-state index contributed by atoms with van der Waals surface area (Å²) >= 11 is 0. The number of hydrogen-bond donors (Lipinski definition) is 2. The fraction of sp³-hybridized carbons (Fsp3) is 0.542. The van der Waals surface area contributed by atoms with E-state index in [0.29, 0.717) is 17.2 Å². The van der Waals surface area contributed by atoms with Gasteiger partial charge in [-0.25, -0.2) is 14.4 Å². The van der Waals surface area contributed by atoms with E-state index in [1.165, 1.54) is 31.2 Å². The van der Waals surface area contributed by atoms with Crippen LogP contribution in [0.5, 0.6) is 0 Å². The zero-order chi connectivity index (χ0) is 22.5. The maximum atomic E-state index is 13.4. The number of carbonyl (C=O) groups excluding carboxylic acids is 1. The van der Waals surface area contributed by atoms with Crippen LogP contribution in [0, 0.1) is 5.82 Å². The van der Waals surface area contributed by atoms with Crippen molar-refractivity contribution in [2.45, 2.75) is 50.7 Å². The summed E-state index contributed by atoms with van der Waals surface area (Å²) in [5.41, 5.74) is 1.90. The van der Waals surface area contributed by atoms with E-state index in [0.717, 1.165) is 44.6 Å². The Morgan fingerprint density at radius 1 is 1.25 bits per heavy atom. The molecule has 2 fully saturated rings. The van der Waals surface area contributed by atoms with Gasteiger partial charge < -0.3 is 20.3 Å². The molecule has 0 spiro atoms. The first-order valence-electron chi connectivity index (χ1n) is 11.5. The second-order valence-corrected chi connectivity index (χ2v) is 8.74.